The van der Waals surface area contributed by atoms with Crippen molar-refractivity contribution >= 4 is 32.7 Å². The molecule has 76 valence electrons. The van der Waals surface area contributed by atoms with E-state index in [1.54, 1.807) is 11.3 Å². The Morgan fingerprint density at radius 3 is 2.80 bits per heavy atom. The van der Waals surface area contributed by atoms with Crippen molar-refractivity contribution in [3.63, 3.8) is 0 Å². The first-order chi connectivity index (χ1) is 7.16. The fraction of sp³-hybridized carbons (Fsp3) is 0.300. The molecule has 3 aromatic heterocycles. The van der Waals surface area contributed by atoms with E-state index in [-0.39, 0.29) is 0 Å². The van der Waals surface area contributed by atoms with Crippen LogP contribution < -0.4 is 0 Å². The fourth-order valence-corrected chi connectivity index (χ4v) is 2.66. The summed E-state index contributed by atoms with van der Waals surface area (Å²) < 4.78 is 2.01. The van der Waals surface area contributed by atoms with Crippen LogP contribution in [0.1, 0.15) is 10.7 Å². The van der Waals surface area contributed by atoms with Gasteiger partial charge < -0.3 is 4.57 Å². The minimum Gasteiger partial charge on any atom is -0.332 e. The molecular weight excluding hydrogens is 208 g/mol. The van der Waals surface area contributed by atoms with E-state index in [1.807, 2.05) is 31.8 Å². The van der Waals surface area contributed by atoms with E-state index in [1.165, 1.54) is 0 Å². The third kappa shape index (κ3) is 1.10. The Morgan fingerprint density at radius 2 is 2.00 bits per heavy atom. The van der Waals surface area contributed by atoms with Crippen molar-refractivity contribution in [1.82, 2.24) is 19.5 Å². The fourth-order valence-electron chi connectivity index (χ4n) is 1.83. The third-order valence-electron chi connectivity index (χ3n) is 2.49. The van der Waals surface area contributed by atoms with E-state index >= 15 is 0 Å². The normalized spacial score (nSPS) is 11.7. The lowest BCUT2D eigenvalue weighted by atomic mass is 10.3. The summed E-state index contributed by atoms with van der Waals surface area (Å²) in [7, 11) is 1.99. The van der Waals surface area contributed by atoms with Gasteiger partial charge in [-0.05, 0) is 13.8 Å². The molecule has 0 atom stereocenters. The highest BCUT2D eigenvalue weighted by Gasteiger charge is 2.12. The summed E-state index contributed by atoms with van der Waals surface area (Å²) in [6.07, 6.45) is 1.81. The van der Waals surface area contributed by atoms with Crippen LogP contribution in [0.15, 0.2) is 6.33 Å². The third-order valence-corrected chi connectivity index (χ3v) is 3.35. The summed E-state index contributed by atoms with van der Waals surface area (Å²) in [5.74, 6) is 0. The second-order valence-electron chi connectivity index (χ2n) is 3.64. The van der Waals surface area contributed by atoms with Gasteiger partial charge in [-0.2, -0.15) is 0 Å². The van der Waals surface area contributed by atoms with Gasteiger partial charge in [-0.15, -0.1) is 0 Å². The molecule has 0 aromatic carbocycles. The van der Waals surface area contributed by atoms with E-state index < -0.39 is 0 Å². The Balaban J connectivity index is 2.66. The average molecular weight is 218 g/mol. The number of aromatic nitrogens is 4. The van der Waals surface area contributed by atoms with Gasteiger partial charge in [-0.3, -0.25) is 0 Å². The summed E-state index contributed by atoms with van der Waals surface area (Å²) in [5.41, 5.74) is 3.98. The molecule has 5 heteroatoms. The lowest BCUT2D eigenvalue weighted by molar-refractivity contribution is 0.949. The highest BCUT2D eigenvalue weighted by Crippen LogP contribution is 2.27. The van der Waals surface area contributed by atoms with Crippen LogP contribution in [0.3, 0.4) is 0 Å². The number of fused-ring (bicyclic) bond motifs is 3. The van der Waals surface area contributed by atoms with Gasteiger partial charge in [0, 0.05) is 7.05 Å². The molecule has 0 fully saturated rings. The molecule has 0 N–H and O–H groups in total. The number of aryl methyl sites for hydroxylation is 3. The molecule has 3 rings (SSSR count). The van der Waals surface area contributed by atoms with Crippen LogP contribution in [0.5, 0.6) is 0 Å². The van der Waals surface area contributed by atoms with E-state index in [9.17, 15) is 0 Å². The maximum Gasteiger partial charge on any atom is 0.146 e. The van der Waals surface area contributed by atoms with Gasteiger partial charge >= 0.3 is 0 Å². The van der Waals surface area contributed by atoms with Gasteiger partial charge in [0.05, 0.1) is 22.5 Å². The van der Waals surface area contributed by atoms with Gasteiger partial charge in [0.15, 0.2) is 0 Å². The summed E-state index contributed by atoms with van der Waals surface area (Å²) in [4.78, 5) is 14.4. The van der Waals surface area contributed by atoms with Gasteiger partial charge in [0.2, 0.25) is 0 Å². The molecule has 4 nitrogen and oxygen atoms in total. The van der Waals surface area contributed by atoms with Crippen molar-refractivity contribution in [2.75, 3.05) is 0 Å². The Kier molecular flexibility index (Phi) is 1.62. The summed E-state index contributed by atoms with van der Waals surface area (Å²) >= 11 is 1.63. The quantitative estimate of drug-likeness (QED) is 0.581. The van der Waals surface area contributed by atoms with Crippen LogP contribution in [0.2, 0.25) is 0 Å². The Labute approximate surface area is 90.6 Å². The molecular formula is C10H10N4S. The number of rotatable bonds is 0. The van der Waals surface area contributed by atoms with Crippen LogP contribution in [0, 0.1) is 13.8 Å². The molecule has 0 aliphatic heterocycles. The molecule has 3 aromatic rings. The van der Waals surface area contributed by atoms with Crippen molar-refractivity contribution < 1.29 is 0 Å². The number of thiazole rings is 1. The molecule has 0 unspecified atom stereocenters. The van der Waals surface area contributed by atoms with Crippen molar-refractivity contribution in [1.29, 1.82) is 0 Å². The van der Waals surface area contributed by atoms with Crippen LogP contribution in [-0.4, -0.2) is 19.5 Å². The minimum atomic E-state index is 0.954. The molecule has 0 radical (unpaired) electrons. The molecule has 0 bridgehead atoms. The van der Waals surface area contributed by atoms with Gasteiger partial charge in [-0.25, -0.2) is 15.0 Å². The summed E-state index contributed by atoms with van der Waals surface area (Å²) in [5, 5.41) is 1.05. The standard InChI is InChI=1S/C10H10N4S/c1-5-7-9(14(3)4-11-7)8-10(12-5)15-6(2)13-8/h4H,1-3H3. The smallest absolute Gasteiger partial charge is 0.146 e. The molecule has 0 saturated carbocycles. The zero-order valence-electron chi connectivity index (χ0n) is 8.77. The Morgan fingerprint density at radius 1 is 1.20 bits per heavy atom. The first kappa shape index (κ1) is 8.79. The zero-order valence-corrected chi connectivity index (χ0v) is 9.59. The van der Waals surface area contributed by atoms with Crippen molar-refractivity contribution in [3.8, 4) is 0 Å². The Hall–Kier alpha value is -1.49. The second kappa shape index (κ2) is 2.76. The van der Waals surface area contributed by atoms with Crippen molar-refractivity contribution in [3.05, 3.63) is 17.0 Å². The molecule has 0 aliphatic rings. The SMILES string of the molecule is Cc1nc2c(nc(C)c3ncn(C)c32)s1. The van der Waals surface area contributed by atoms with Crippen molar-refractivity contribution in [2.24, 2.45) is 7.05 Å². The van der Waals surface area contributed by atoms with E-state index in [0.717, 1.165) is 32.1 Å². The highest BCUT2D eigenvalue weighted by molar-refractivity contribution is 7.18. The minimum absolute atomic E-state index is 0.954. The molecule has 0 spiro atoms. The Bertz CT molecular complexity index is 665. The number of hydrogen-bond donors (Lipinski definition) is 0. The van der Waals surface area contributed by atoms with Crippen LogP contribution >= 0.6 is 11.3 Å². The number of pyridine rings is 1. The molecule has 0 aliphatic carbocycles. The summed E-state index contributed by atoms with van der Waals surface area (Å²) in [6.45, 7) is 3.99. The van der Waals surface area contributed by atoms with E-state index in [4.69, 9.17) is 0 Å². The predicted molar refractivity (Wildman–Crippen MR) is 61.2 cm³/mol. The number of nitrogens with zero attached hydrogens (tertiary/aromatic N) is 4. The molecule has 0 saturated heterocycles. The number of imidazole rings is 1. The van der Waals surface area contributed by atoms with Crippen LogP contribution in [0.25, 0.3) is 21.4 Å². The first-order valence-corrected chi connectivity index (χ1v) is 5.53. The van der Waals surface area contributed by atoms with Crippen LogP contribution in [0.4, 0.5) is 0 Å². The van der Waals surface area contributed by atoms with Gasteiger partial charge in [0.25, 0.3) is 0 Å². The van der Waals surface area contributed by atoms with Gasteiger partial charge in [0.1, 0.15) is 15.9 Å². The maximum atomic E-state index is 4.52. The second-order valence-corrected chi connectivity index (χ2v) is 4.82. The average Bonchev–Trinajstić information content (AvgIpc) is 2.69. The lowest BCUT2D eigenvalue weighted by Gasteiger charge is -1.97. The zero-order chi connectivity index (χ0) is 10.6. The monoisotopic (exact) mass is 218 g/mol. The van der Waals surface area contributed by atoms with Crippen molar-refractivity contribution in [2.45, 2.75) is 13.8 Å². The topological polar surface area (TPSA) is 43.6 Å². The molecule has 3 heterocycles. The van der Waals surface area contributed by atoms with E-state index in [0.29, 0.717) is 0 Å². The van der Waals surface area contributed by atoms with Crippen LogP contribution in [-0.2, 0) is 7.05 Å². The van der Waals surface area contributed by atoms with E-state index in [2.05, 4.69) is 15.0 Å². The molecule has 15 heavy (non-hydrogen) atoms. The lowest BCUT2D eigenvalue weighted by Crippen LogP contribution is -1.89. The predicted octanol–water partition coefficient (Wildman–Crippen LogP) is 2.19. The first-order valence-electron chi connectivity index (χ1n) is 4.71. The maximum absolute atomic E-state index is 4.52. The highest BCUT2D eigenvalue weighted by atomic mass is 32.1. The summed E-state index contributed by atoms with van der Waals surface area (Å²) in [6, 6.07) is 0. The molecule has 0 amide bonds. The van der Waals surface area contributed by atoms with Gasteiger partial charge in [-0.1, -0.05) is 11.3 Å². The largest absolute Gasteiger partial charge is 0.332 e. The number of hydrogen-bond acceptors (Lipinski definition) is 4.